The Kier molecular flexibility index (Phi) is 6.13. The maximum Gasteiger partial charge on any atom is 0.251 e. The first-order valence-corrected chi connectivity index (χ1v) is 10.9. The van der Waals surface area contributed by atoms with Crippen LogP contribution in [0.4, 0.5) is 8.78 Å². The van der Waals surface area contributed by atoms with E-state index in [1.54, 1.807) is 19.2 Å². The molecule has 0 radical (unpaired) electrons. The third-order valence-electron chi connectivity index (χ3n) is 5.74. The SMILES string of the molecule is C[C@@]1(O)CCN(Cc2ccncc2F)[C@@H](c2cccs2)[C@@H]1NC(=O)c1ccc(F)cc1. The minimum Gasteiger partial charge on any atom is -0.388 e. The molecule has 8 heteroatoms. The third kappa shape index (κ3) is 4.66. The number of amides is 1. The Balaban J connectivity index is 1.66. The molecular weight excluding hydrogens is 420 g/mol. The van der Waals surface area contributed by atoms with E-state index < -0.39 is 29.2 Å². The summed E-state index contributed by atoms with van der Waals surface area (Å²) < 4.78 is 27.5. The number of nitrogens with zero attached hydrogens (tertiary/aromatic N) is 2. The highest BCUT2D eigenvalue weighted by Gasteiger charge is 2.46. The summed E-state index contributed by atoms with van der Waals surface area (Å²) in [4.78, 5) is 19.8. The minimum atomic E-state index is -1.18. The molecule has 1 amide bonds. The van der Waals surface area contributed by atoms with Crippen LogP contribution in [0.5, 0.6) is 0 Å². The second-order valence-electron chi connectivity index (χ2n) is 7.96. The van der Waals surface area contributed by atoms with Crippen LogP contribution in [0.1, 0.15) is 40.2 Å². The van der Waals surface area contributed by atoms with Crippen molar-refractivity contribution in [3.8, 4) is 0 Å². The molecule has 4 rings (SSSR count). The van der Waals surface area contributed by atoms with Gasteiger partial charge in [-0.3, -0.25) is 14.7 Å². The van der Waals surface area contributed by atoms with Crippen LogP contribution < -0.4 is 5.32 Å². The summed E-state index contributed by atoms with van der Waals surface area (Å²) in [5.74, 6) is -1.22. The molecule has 3 atom stereocenters. The fraction of sp³-hybridized carbons (Fsp3) is 0.304. The van der Waals surface area contributed by atoms with Gasteiger partial charge in [-0.15, -0.1) is 11.3 Å². The highest BCUT2D eigenvalue weighted by atomic mass is 32.1. The van der Waals surface area contributed by atoms with E-state index in [0.717, 1.165) is 4.88 Å². The smallest absolute Gasteiger partial charge is 0.251 e. The van der Waals surface area contributed by atoms with Crippen molar-refractivity contribution in [3.63, 3.8) is 0 Å². The average Bonchev–Trinajstić information content (AvgIpc) is 3.27. The fourth-order valence-electron chi connectivity index (χ4n) is 4.01. The summed E-state index contributed by atoms with van der Waals surface area (Å²) in [6.45, 7) is 2.55. The molecule has 31 heavy (non-hydrogen) atoms. The van der Waals surface area contributed by atoms with Crippen LogP contribution in [0, 0.1) is 11.6 Å². The number of hydrogen-bond donors (Lipinski definition) is 2. The highest BCUT2D eigenvalue weighted by Crippen LogP contribution is 2.39. The van der Waals surface area contributed by atoms with Crippen LogP contribution in [0.25, 0.3) is 0 Å². The molecule has 5 nitrogen and oxygen atoms in total. The number of pyridine rings is 1. The molecular formula is C23H23F2N3O2S. The van der Waals surface area contributed by atoms with Crippen LogP contribution in [0.2, 0.25) is 0 Å². The third-order valence-corrected chi connectivity index (χ3v) is 6.68. The van der Waals surface area contributed by atoms with Gasteiger partial charge in [0, 0.05) is 35.3 Å². The summed E-state index contributed by atoms with van der Waals surface area (Å²) >= 11 is 1.52. The summed E-state index contributed by atoms with van der Waals surface area (Å²) in [5, 5.41) is 16.1. The molecule has 0 unspecified atom stereocenters. The first-order valence-electron chi connectivity index (χ1n) is 10.00. The Labute approximate surface area is 183 Å². The van der Waals surface area contributed by atoms with Gasteiger partial charge < -0.3 is 10.4 Å². The first kappa shape index (κ1) is 21.5. The maximum atomic E-state index is 14.3. The van der Waals surface area contributed by atoms with E-state index in [4.69, 9.17) is 0 Å². The fourth-order valence-corrected chi connectivity index (χ4v) is 4.90. The lowest BCUT2D eigenvalue weighted by Crippen LogP contribution is -2.62. The summed E-state index contributed by atoms with van der Waals surface area (Å²) in [6, 6.07) is 9.75. The first-order chi connectivity index (χ1) is 14.8. The van der Waals surface area contributed by atoms with Gasteiger partial charge in [-0.1, -0.05) is 6.07 Å². The summed E-state index contributed by atoms with van der Waals surface area (Å²) in [6.07, 6.45) is 3.13. The predicted octanol–water partition coefficient (Wildman–Crippen LogP) is 3.92. The minimum absolute atomic E-state index is 0.305. The molecule has 3 heterocycles. The summed E-state index contributed by atoms with van der Waals surface area (Å²) in [5.41, 5.74) is -0.376. The van der Waals surface area contributed by atoms with Gasteiger partial charge in [-0.2, -0.15) is 0 Å². The molecule has 0 spiro atoms. The second kappa shape index (κ2) is 8.82. The van der Waals surface area contributed by atoms with Gasteiger partial charge in [0.2, 0.25) is 0 Å². The molecule has 0 bridgehead atoms. The number of nitrogens with one attached hydrogen (secondary N) is 1. The predicted molar refractivity (Wildman–Crippen MR) is 115 cm³/mol. The van der Waals surface area contributed by atoms with Gasteiger partial charge in [-0.05, 0) is 55.1 Å². The van der Waals surface area contributed by atoms with Gasteiger partial charge in [0.25, 0.3) is 5.91 Å². The number of hydrogen-bond acceptors (Lipinski definition) is 5. The normalized spacial score (nSPS) is 24.1. The molecule has 2 aromatic heterocycles. The standard InChI is InChI=1S/C23H23F2N3O2S/c1-23(30)9-11-28(14-16-8-10-26-13-18(16)25)20(19-3-2-12-31-19)21(23)27-22(29)15-4-6-17(24)7-5-15/h2-8,10,12-13,20-21,30H,9,11,14H2,1H3,(H,27,29)/t20-,21-,23+/m0/s1. The van der Waals surface area contributed by atoms with Gasteiger partial charge in [0.15, 0.2) is 0 Å². The van der Waals surface area contributed by atoms with Crippen LogP contribution >= 0.6 is 11.3 Å². The van der Waals surface area contributed by atoms with Crippen molar-refractivity contribution in [2.75, 3.05) is 6.54 Å². The van der Waals surface area contributed by atoms with Gasteiger partial charge >= 0.3 is 0 Å². The molecule has 1 saturated heterocycles. The lowest BCUT2D eigenvalue weighted by molar-refractivity contribution is -0.0658. The Morgan fingerprint density at radius 3 is 2.74 bits per heavy atom. The second-order valence-corrected chi connectivity index (χ2v) is 8.94. The molecule has 3 aromatic rings. The van der Waals surface area contributed by atoms with Crippen LogP contribution in [-0.2, 0) is 6.54 Å². The number of aromatic nitrogens is 1. The number of thiophene rings is 1. The average molecular weight is 444 g/mol. The van der Waals surface area contributed by atoms with E-state index in [1.807, 2.05) is 17.5 Å². The largest absolute Gasteiger partial charge is 0.388 e. The van der Waals surface area contributed by atoms with Crippen molar-refractivity contribution in [1.82, 2.24) is 15.2 Å². The van der Waals surface area contributed by atoms with E-state index in [9.17, 15) is 18.7 Å². The van der Waals surface area contributed by atoms with Crippen molar-refractivity contribution >= 4 is 17.2 Å². The van der Waals surface area contributed by atoms with Crippen LogP contribution in [-0.4, -0.2) is 39.1 Å². The van der Waals surface area contributed by atoms with Crippen LogP contribution in [0.15, 0.2) is 60.2 Å². The van der Waals surface area contributed by atoms with Crippen molar-refractivity contribution < 1.29 is 18.7 Å². The van der Waals surface area contributed by atoms with E-state index in [2.05, 4.69) is 15.2 Å². The number of benzene rings is 1. The Morgan fingerprint density at radius 1 is 1.29 bits per heavy atom. The van der Waals surface area contributed by atoms with Gasteiger partial charge in [0.1, 0.15) is 11.6 Å². The van der Waals surface area contributed by atoms with E-state index in [-0.39, 0.29) is 6.04 Å². The molecule has 1 aliphatic heterocycles. The Hall–Kier alpha value is -2.68. The van der Waals surface area contributed by atoms with E-state index >= 15 is 0 Å². The molecule has 1 aromatic carbocycles. The highest BCUT2D eigenvalue weighted by molar-refractivity contribution is 7.10. The number of likely N-dealkylation sites (tertiary alicyclic amines) is 1. The molecule has 2 N–H and O–H groups in total. The Bertz CT molecular complexity index is 1040. The van der Waals surface area contributed by atoms with Crippen LogP contribution in [0.3, 0.4) is 0 Å². The zero-order chi connectivity index (χ0) is 22.0. The number of piperidine rings is 1. The quantitative estimate of drug-likeness (QED) is 0.628. The van der Waals surface area contributed by atoms with Crippen molar-refractivity contribution in [2.45, 2.75) is 37.6 Å². The Morgan fingerprint density at radius 2 is 2.06 bits per heavy atom. The van der Waals surface area contributed by atoms with Crippen molar-refractivity contribution in [2.24, 2.45) is 0 Å². The zero-order valence-electron chi connectivity index (χ0n) is 17.0. The van der Waals surface area contributed by atoms with Crippen molar-refractivity contribution in [3.05, 3.63) is 87.9 Å². The number of carbonyl (C=O) groups is 1. The number of halogens is 2. The van der Waals surface area contributed by atoms with Gasteiger partial charge in [-0.25, -0.2) is 8.78 Å². The zero-order valence-corrected chi connectivity index (χ0v) is 17.8. The molecule has 1 fully saturated rings. The molecule has 0 saturated carbocycles. The molecule has 0 aliphatic carbocycles. The number of aliphatic hydroxyl groups is 1. The lowest BCUT2D eigenvalue weighted by atomic mass is 9.81. The number of rotatable bonds is 5. The van der Waals surface area contributed by atoms with E-state index in [0.29, 0.717) is 30.6 Å². The summed E-state index contributed by atoms with van der Waals surface area (Å²) in [7, 11) is 0. The monoisotopic (exact) mass is 443 g/mol. The topological polar surface area (TPSA) is 65.5 Å². The lowest BCUT2D eigenvalue weighted by Gasteiger charge is -2.48. The molecule has 162 valence electrons. The van der Waals surface area contributed by atoms with Crippen molar-refractivity contribution in [1.29, 1.82) is 0 Å². The maximum absolute atomic E-state index is 14.3. The van der Waals surface area contributed by atoms with E-state index in [1.165, 1.54) is 41.8 Å². The molecule has 1 aliphatic rings. The number of carbonyl (C=O) groups excluding carboxylic acids is 1. The van der Waals surface area contributed by atoms with Gasteiger partial charge in [0.05, 0.1) is 23.9 Å².